The van der Waals surface area contributed by atoms with Crippen molar-refractivity contribution in [1.82, 2.24) is 0 Å². The second-order valence-electron chi connectivity index (χ2n) is 3.73. The Labute approximate surface area is 90.4 Å². The van der Waals surface area contributed by atoms with Crippen molar-refractivity contribution in [3.8, 4) is 0 Å². The lowest BCUT2D eigenvalue weighted by Crippen LogP contribution is -1.95. The second kappa shape index (κ2) is 3.46. The number of carbonyl (C=O) groups is 1. The van der Waals surface area contributed by atoms with Gasteiger partial charge in [0.05, 0.1) is 0 Å². The highest BCUT2D eigenvalue weighted by molar-refractivity contribution is 9.10. The van der Waals surface area contributed by atoms with Gasteiger partial charge in [-0.2, -0.15) is 0 Å². The normalized spacial score (nSPS) is 24.8. The van der Waals surface area contributed by atoms with Gasteiger partial charge in [-0.15, -0.1) is 0 Å². The first-order valence-electron chi connectivity index (χ1n) is 4.55. The monoisotopic (exact) mass is 256 g/mol. The molecule has 0 aromatic heterocycles. The van der Waals surface area contributed by atoms with E-state index in [1.165, 1.54) is 12.1 Å². The standard InChI is InChI=1S/C11H10BrFO/c1-6(14)9-5-10(9)8-3-2-7(13)4-11(8)12/h2-4,9-10H,5H2,1H3. The van der Waals surface area contributed by atoms with Crippen molar-refractivity contribution in [3.63, 3.8) is 0 Å². The zero-order chi connectivity index (χ0) is 10.3. The molecular weight excluding hydrogens is 247 g/mol. The van der Waals surface area contributed by atoms with Crippen LogP contribution in [0.25, 0.3) is 0 Å². The van der Waals surface area contributed by atoms with Gasteiger partial charge in [0.15, 0.2) is 0 Å². The number of rotatable bonds is 2. The van der Waals surface area contributed by atoms with Crippen molar-refractivity contribution >= 4 is 21.7 Å². The van der Waals surface area contributed by atoms with Crippen LogP contribution in [0.5, 0.6) is 0 Å². The van der Waals surface area contributed by atoms with Crippen LogP contribution in [0.2, 0.25) is 0 Å². The van der Waals surface area contributed by atoms with Gasteiger partial charge in [0.25, 0.3) is 0 Å². The molecule has 0 heterocycles. The molecule has 0 aliphatic heterocycles. The third kappa shape index (κ3) is 1.73. The second-order valence-corrected chi connectivity index (χ2v) is 4.58. The van der Waals surface area contributed by atoms with Crippen molar-refractivity contribution in [2.24, 2.45) is 5.92 Å². The van der Waals surface area contributed by atoms with Crippen LogP contribution in [0.3, 0.4) is 0 Å². The molecule has 2 rings (SSSR count). The molecule has 1 saturated carbocycles. The summed E-state index contributed by atoms with van der Waals surface area (Å²) >= 11 is 3.31. The summed E-state index contributed by atoms with van der Waals surface area (Å²) in [6.07, 6.45) is 0.902. The first kappa shape index (κ1) is 9.84. The van der Waals surface area contributed by atoms with Gasteiger partial charge in [-0.25, -0.2) is 4.39 Å². The van der Waals surface area contributed by atoms with Crippen LogP contribution in [0.15, 0.2) is 22.7 Å². The van der Waals surface area contributed by atoms with E-state index in [0.717, 1.165) is 16.5 Å². The molecule has 0 N–H and O–H groups in total. The molecule has 0 bridgehead atoms. The minimum atomic E-state index is -0.249. The summed E-state index contributed by atoms with van der Waals surface area (Å²) in [5.41, 5.74) is 1.05. The first-order chi connectivity index (χ1) is 6.59. The Morgan fingerprint density at radius 3 is 2.79 bits per heavy atom. The highest BCUT2D eigenvalue weighted by Crippen LogP contribution is 2.49. The van der Waals surface area contributed by atoms with Crippen LogP contribution in [-0.4, -0.2) is 5.78 Å². The third-order valence-corrected chi connectivity index (χ3v) is 3.36. The van der Waals surface area contributed by atoms with E-state index < -0.39 is 0 Å². The fraction of sp³-hybridized carbons (Fsp3) is 0.364. The maximum atomic E-state index is 12.8. The number of ketones is 1. The molecule has 74 valence electrons. The average molecular weight is 257 g/mol. The zero-order valence-electron chi connectivity index (χ0n) is 7.76. The zero-order valence-corrected chi connectivity index (χ0v) is 9.34. The molecule has 0 amide bonds. The summed E-state index contributed by atoms with van der Waals surface area (Å²) in [5, 5.41) is 0. The number of benzene rings is 1. The molecule has 3 heteroatoms. The quantitative estimate of drug-likeness (QED) is 0.794. The third-order valence-electron chi connectivity index (χ3n) is 2.67. The molecule has 0 radical (unpaired) electrons. The summed E-state index contributed by atoms with van der Waals surface area (Å²) < 4.78 is 13.6. The maximum absolute atomic E-state index is 12.8. The summed E-state index contributed by atoms with van der Waals surface area (Å²) in [4.78, 5) is 11.1. The highest BCUT2D eigenvalue weighted by Gasteiger charge is 2.42. The summed E-state index contributed by atoms with van der Waals surface area (Å²) in [7, 11) is 0. The van der Waals surface area contributed by atoms with Crippen molar-refractivity contribution in [1.29, 1.82) is 0 Å². The Balaban J connectivity index is 2.23. The molecule has 1 fully saturated rings. The lowest BCUT2D eigenvalue weighted by Gasteiger charge is -2.02. The van der Waals surface area contributed by atoms with Gasteiger partial charge in [0, 0.05) is 10.4 Å². The molecule has 1 aromatic carbocycles. The van der Waals surface area contributed by atoms with Crippen LogP contribution < -0.4 is 0 Å². The molecule has 0 spiro atoms. The van der Waals surface area contributed by atoms with Gasteiger partial charge in [-0.05, 0) is 37.0 Å². The topological polar surface area (TPSA) is 17.1 Å². The van der Waals surface area contributed by atoms with E-state index in [9.17, 15) is 9.18 Å². The molecule has 1 nitrogen and oxygen atoms in total. The molecular formula is C11H10BrFO. The average Bonchev–Trinajstić information content (AvgIpc) is 2.83. The van der Waals surface area contributed by atoms with E-state index in [2.05, 4.69) is 15.9 Å². The van der Waals surface area contributed by atoms with E-state index in [4.69, 9.17) is 0 Å². The van der Waals surface area contributed by atoms with Crippen molar-refractivity contribution in [2.75, 3.05) is 0 Å². The molecule has 2 unspecified atom stereocenters. The predicted molar refractivity (Wildman–Crippen MR) is 55.6 cm³/mol. The van der Waals surface area contributed by atoms with E-state index >= 15 is 0 Å². The van der Waals surface area contributed by atoms with Crippen LogP contribution in [0.1, 0.15) is 24.8 Å². The minimum Gasteiger partial charge on any atom is -0.300 e. The van der Waals surface area contributed by atoms with Gasteiger partial charge in [-0.1, -0.05) is 22.0 Å². The Bertz CT molecular complexity index is 389. The van der Waals surface area contributed by atoms with Crippen molar-refractivity contribution < 1.29 is 9.18 Å². The van der Waals surface area contributed by atoms with Gasteiger partial charge < -0.3 is 0 Å². The number of Topliss-reactive ketones (excluding diaryl/α,β-unsaturated/α-hetero) is 1. The van der Waals surface area contributed by atoms with Crippen LogP contribution in [0.4, 0.5) is 4.39 Å². The lowest BCUT2D eigenvalue weighted by molar-refractivity contribution is -0.118. The number of carbonyl (C=O) groups excluding carboxylic acids is 1. The Morgan fingerprint density at radius 1 is 1.57 bits per heavy atom. The van der Waals surface area contributed by atoms with Crippen LogP contribution in [0, 0.1) is 11.7 Å². The summed E-state index contributed by atoms with van der Waals surface area (Å²) in [6, 6.07) is 4.65. The van der Waals surface area contributed by atoms with E-state index in [0.29, 0.717) is 5.92 Å². The SMILES string of the molecule is CC(=O)C1CC1c1ccc(F)cc1Br. The Hall–Kier alpha value is -0.700. The molecule has 14 heavy (non-hydrogen) atoms. The Morgan fingerprint density at radius 2 is 2.29 bits per heavy atom. The van der Waals surface area contributed by atoms with E-state index in [-0.39, 0.29) is 17.5 Å². The van der Waals surface area contributed by atoms with Gasteiger partial charge in [0.1, 0.15) is 11.6 Å². The molecule has 1 aliphatic carbocycles. The molecule has 1 aliphatic rings. The van der Waals surface area contributed by atoms with E-state index in [1.54, 1.807) is 13.0 Å². The molecule has 0 saturated heterocycles. The maximum Gasteiger partial charge on any atom is 0.133 e. The van der Waals surface area contributed by atoms with Crippen molar-refractivity contribution in [2.45, 2.75) is 19.3 Å². The minimum absolute atomic E-state index is 0.150. The number of hydrogen-bond donors (Lipinski definition) is 0. The largest absolute Gasteiger partial charge is 0.300 e. The highest BCUT2D eigenvalue weighted by atomic mass is 79.9. The van der Waals surface area contributed by atoms with Crippen LogP contribution >= 0.6 is 15.9 Å². The fourth-order valence-electron chi connectivity index (χ4n) is 1.79. The van der Waals surface area contributed by atoms with Gasteiger partial charge >= 0.3 is 0 Å². The molecule has 1 aromatic rings. The van der Waals surface area contributed by atoms with Crippen LogP contribution in [-0.2, 0) is 4.79 Å². The van der Waals surface area contributed by atoms with Gasteiger partial charge in [-0.3, -0.25) is 4.79 Å². The lowest BCUT2D eigenvalue weighted by atomic mass is 10.1. The summed E-state index contributed by atoms with van der Waals surface area (Å²) in [6.45, 7) is 1.61. The smallest absolute Gasteiger partial charge is 0.133 e. The number of hydrogen-bond acceptors (Lipinski definition) is 1. The number of halogens is 2. The van der Waals surface area contributed by atoms with Crippen molar-refractivity contribution in [3.05, 3.63) is 34.1 Å². The van der Waals surface area contributed by atoms with E-state index in [1.807, 2.05) is 0 Å². The van der Waals surface area contributed by atoms with Gasteiger partial charge in [0.2, 0.25) is 0 Å². The first-order valence-corrected chi connectivity index (χ1v) is 5.34. The fourth-order valence-corrected chi connectivity index (χ4v) is 2.44. The predicted octanol–water partition coefficient (Wildman–Crippen LogP) is 3.28. The summed E-state index contributed by atoms with van der Waals surface area (Å²) in [5.74, 6) is 0.422. The Kier molecular flexibility index (Phi) is 2.43. The molecule has 2 atom stereocenters.